The predicted molar refractivity (Wildman–Crippen MR) is 76.6 cm³/mol. The van der Waals surface area contributed by atoms with Gasteiger partial charge < -0.3 is 5.11 Å². The van der Waals surface area contributed by atoms with Crippen molar-refractivity contribution in [3.8, 4) is 0 Å². The number of aliphatic hydroxyl groups excluding tert-OH is 1. The lowest BCUT2D eigenvalue weighted by molar-refractivity contribution is 0.282. The van der Waals surface area contributed by atoms with Gasteiger partial charge in [-0.1, -0.05) is 19.8 Å². The summed E-state index contributed by atoms with van der Waals surface area (Å²) in [6.45, 7) is 2.00. The van der Waals surface area contributed by atoms with E-state index in [1.807, 2.05) is 0 Å². The van der Waals surface area contributed by atoms with Crippen molar-refractivity contribution in [3.05, 3.63) is 16.3 Å². The topological polar surface area (TPSA) is 66.4 Å². The largest absolute Gasteiger partial charge is 0.391 e. The van der Waals surface area contributed by atoms with Gasteiger partial charge in [0.15, 0.2) is 0 Å². The van der Waals surface area contributed by atoms with Crippen LogP contribution in [0.3, 0.4) is 0 Å². The minimum absolute atomic E-state index is 0.0291. The third kappa shape index (κ3) is 3.78. The van der Waals surface area contributed by atoms with E-state index in [2.05, 4.69) is 11.6 Å². The average molecular weight is 303 g/mol. The van der Waals surface area contributed by atoms with Crippen molar-refractivity contribution in [3.63, 3.8) is 0 Å². The molecule has 1 saturated carbocycles. The van der Waals surface area contributed by atoms with E-state index in [1.54, 1.807) is 11.4 Å². The van der Waals surface area contributed by atoms with Crippen LogP contribution in [0.1, 0.15) is 43.9 Å². The molecular formula is C13H21NO3S2. The van der Waals surface area contributed by atoms with E-state index in [4.69, 9.17) is 0 Å². The Morgan fingerprint density at radius 2 is 2.16 bits per heavy atom. The summed E-state index contributed by atoms with van der Waals surface area (Å²) < 4.78 is 27.4. The number of aliphatic hydroxyl groups is 1. The molecular weight excluding hydrogens is 282 g/mol. The van der Waals surface area contributed by atoms with Gasteiger partial charge in [-0.2, -0.15) is 0 Å². The molecule has 1 heterocycles. The van der Waals surface area contributed by atoms with Gasteiger partial charge in [0.2, 0.25) is 10.0 Å². The summed E-state index contributed by atoms with van der Waals surface area (Å²) in [5.74, 6) is 0.684. The van der Waals surface area contributed by atoms with Crippen molar-refractivity contribution in [2.75, 3.05) is 0 Å². The third-order valence-electron chi connectivity index (χ3n) is 3.72. The van der Waals surface area contributed by atoms with Crippen LogP contribution in [-0.2, 0) is 16.6 Å². The fraction of sp³-hybridized carbons (Fsp3) is 0.692. The highest BCUT2D eigenvalue weighted by Crippen LogP contribution is 2.26. The number of hydrogen-bond acceptors (Lipinski definition) is 4. The van der Waals surface area contributed by atoms with E-state index >= 15 is 0 Å². The zero-order valence-electron chi connectivity index (χ0n) is 11.1. The molecule has 2 rings (SSSR count). The van der Waals surface area contributed by atoms with Crippen molar-refractivity contribution in [1.82, 2.24) is 4.72 Å². The van der Waals surface area contributed by atoms with Gasteiger partial charge in [0.25, 0.3) is 0 Å². The lowest BCUT2D eigenvalue weighted by atomic mass is 10.0. The lowest BCUT2D eigenvalue weighted by Crippen LogP contribution is -2.34. The number of hydrogen-bond donors (Lipinski definition) is 2. The highest BCUT2D eigenvalue weighted by molar-refractivity contribution is 7.89. The molecule has 1 aromatic heterocycles. The van der Waals surface area contributed by atoms with Gasteiger partial charge >= 0.3 is 0 Å². The van der Waals surface area contributed by atoms with Crippen molar-refractivity contribution in [2.24, 2.45) is 5.92 Å². The fourth-order valence-corrected chi connectivity index (χ4v) is 5.17. The Kier molecular flexibility index (Phi) is 5.00. The maximum atomic E-state index is 12.3. The highest BCUT2D eigenvalue weighted by atomic mass is 32.2. The molecule has 1 aliphatic carbocycles. The Morgan fingerprint density at radius 3 is 2.89 bits per heavy atom. The first kappa shape index (κ1) is 15.0. The molecule has 2 unspecified atom stereocenters. The minimum Gasteiger partial charge on any atom is -0.391 e. The van der Waals surface area contributed by atoms with Crippen LogP contribution < -0.4 is 4.72 Å². The van der Waals surface area contributed by atoms with E-state index in [0.717, 1.165) is 25.7 Å². The summed E-state index contributed by atoms with van der Waals surface area (Å²) in [4.78, 5) is 0.742. The van der Waals surface area contributed by atoms with Gasteiger partial charge in [-0.25, -0.2) is 13.1 Å². The predicted octanol–water partition coefficient (Wildman–Crippen LogP) is 2.49. The molecule has 0 aliphatic heterocycles. The first-order valence-corrected chi connectivity index (χ1v) is 9.09. The van der Waals surface area contributed by atoms with Crippen LogP contribution in [0.15, 0.2) is 16.3 Å². The normalized spacial score (nSPS) is 25.2. The molecule has 0 amide bonds. The second-order valence-corrected chi connectivity index (χ2v) is 7.98. The number of thiophene rings is 1. The monoisotopic (exact) mass is 303 g/mol. The molecule has 4 nitrogen and oxygen atoms in total. The van der Waals surface area contributed by atoms with Crippen LogP contribution in [0.25, 0.3) is 0 Å². The Morgan fingerprint density at radius 1 is 1.37 bits per heavy atom. The first-order valence-electron chi connectivity index (χ1n) is 6.72. The van der Waals surface area contributed by atoms with E-state index in [-0.39, 0.29) is 17.5 Å². The SMILES string of the molecule is CC1CCCC(NS(=O)(=O)c2ccsc2CO)CC1. The molecule has 0 radical (unpaired) electrons. The molecule has 1 aliphatic rings. The van der Waals surface area contributed by atoms with Crippen molar-refractivity contribution in [2.45, 2.75) is 56.6 Å². The van der Waals surface area contributed by atoms with E-state index < -0.39 is 10.0 Å². The van der Waals surface area contributed by atoms with Crippen LogP contribution in [0.4, 0.5) is 0 Å². The zero-order valence-corrected chi connectivity index (χ0v) is 12.8. The van der Waals surface area contributed by atoms with Crippen LogP contribution in [0.5, 0.6) is 0 Å². The average Bonchev–Trinajstić information content (AvgIpc) is 2.76. The van der Waals surface area contributed by atoms with Crippen LogP contribution in [-0.4, -0.2) is 19.6 Å². The van der Waals surface area contributed by atoms with Crippen LogP contribution >= 0.6 is 11.3 Å². The standard InChI is InChI=1S/C13H21NO3S2/c1-10-3-2-4-11(6-5-10)14-19(16,17)13-7-8-18-12(13)9-15/h7-8,10-11,14-15H,2-6,9H2,1H3. The summed E-state index contributed by atoms with van der Waals surface area (Å²) >= 11 is 1.27. The van der Waals surface area contributed by atoms with Crippen molar-refractivity contribution in [1.29, 1.82) is 0 Å². The van der Waals surface area contributed by atoms with Crippen LogP contribution in [0, 0.1) is 5.92 Å². The number of sulfonamides is 1. The molecule has 6 heteroatoms. The molecule has 1 fully saturated rings. The molecule has 0 saturated heterocycles. The second kappa shape index (κ2) is 6.35. The maximum Gasteiger partial charge on any atom is 0.242 e. The van der Waals surface area contributed by atoms with E-state index in [9.17, 15) is 13.5 Å². The smallest absolute Gasteiger partial charge is 0.242 e. The molecule has 2 atom stereocenters. The molecule has 1 aromatic rings. The van der Waals surface area contributed by atoms with Crippen molar-refractivity contribution >= 4 is 21.4 Å². The van der Waals surface area contributed by atoms with Crippen LogP contribution in [0.2, 0.25) is 0 Å². The van der Waals surface area contributed by atoms with E-state index in [1.165, 1.54) is 17.8 Å². The zero-order chi connectivity index (χ0) is 13.9. The Bertz CT molecular complexity index is 510. The molecule has 108 valence electrons. The van der Waals surface area contributed by atoms with Gasteiger partial charge in [-0.15, -0.1) is 11.3 Å². The lowest BCUT2D eigenvalue weighted by Gasteiger charge is -2.16. The molecule has 2 N–H and O–H groups in total. The molecule has 0 aromatic carbocycles. The number of nitrogens with one attached hydrogen (secondary N) is 1. The Balaban J connectivity index is 2.09. The summed E-state index contributed by atoms with van der Waals surface area (Å²) in [7, 11) is -3.49. The molecule has 0 spiro atoms. The minimum atomic E-state index is -3.49. The van der Waals surface area contributed by atoms with E-state index in [0.29, 0.717) is 10.8 Å². The fourth-order valence-electron chi connectivity index (χ4n) is 2.57. The Hall–Kier alpha value is -0.430. The summed E-state index contributed by atoms with van der Waals surface area (Å²) in [6.07, 6.45) is 5.13. The number of rotatable bonds is 4. The van der Waals surface area contributed by atoms with Gasteiger partial charge in [0.05, 0.1) is 11.5 Å². The molecule has 19 heavy (non-hydrogen) atoms. The summed E-state index contributed by atoms with van der Waals surface area (Å²) in [5, 5.41) is 10.9. The van der Waals surface area contributed by atoms with Gasteiger partial charge in [0.1, 0.15) is 0 Å². The summed E-state index contributed by atoms with van der Waals surface area (Å²) in [6, 6.07) is 1.60. The first-order chi connectivity index (χ1) is 9.03. The second-order valence-electron chi connectivity index (χ2n) is 5.30. The van der Waals surface area contributed by atoms with Gasteiger partial charge in [-0.3, -0.25) is 0 Å². The quantitative estimate of drug-likeness (QED) is 0.840. The summed E-state index contributed by atoms with van der Waals surface area (Å²) in [5.41, 5.74) is 0. The molecule has 0 bridgehead atoms. The van der Waals surface area contributed by atoms with Crippen molar-refractivity contribution < 1.29 is 13.5 Å². The highest BCUT2D eigenvalue weighted by Gasteiger charge is 2.25. The third-order valence-corrected chi connectivity index (χ3v) is 6.36. The maximum absolute atomic E-state index is 12.3. The van der Waals surface area contributed by atoms with Gasteiger partial charge in [0, 0.05) is 10.9 Å². The Labute approximate surface area is 118 Å². The van der Waals surface area contributed by atoms with Gasteiger partial charge in [-0.05, 0) is 36.6 Å².